The van der Waals surface area contributed by atoms with Crippen LogP contribution in [0.1, 0.15) is 19.4 Å². The zero-order chi connectivity index (χ0) is 10.4. The fourth-order valence-corrected chi connectivity index (χ4v) is 0.903. The first-order chi connectivity index (χ1) is 6.68. The Morgan fingerprint density at radius 3 is 2.93 bits per heavy atom. The van der Waals surface area contributed by atoms with Crippen molar-refractivity contribution in [2.45, 2.75) is 20.5 Å². The van der Waals surface area contributed by atoms with Crippen LogP contribution in [0.25, 0.3) is 0 Å². The third kappa shape index (κ3) is 4.03. The largest absolute Gasteiger partial charge is 0.391 e. The third-order valence-corrected chi connectivity index (χ3v) is 1.55. The van der Waals surface area contributed by atoms with Crippen LogP contribution in [-0.4, -0.2) is 6.21 Å². The van der Waals surface area contributed by atoms with Crippen LogP contribution in [0.5, 0.6) is 0 Å². The van der Waals surface area contributed by atoms with Gasteiger partial charge in [-0.05, 0) is 23.6 Å². The lowest BCUT2D eigenvalue weighted by atomic mass is 10.2. The van der Waals surface area contributed by atoms with E-state index in [0.29, 0.717) is 12.5 Å². The number of hydrogen-bond acceptors (Lipinski definition) is 2. The lowest BCUT2D eigenvalue weighted by Gasteiger charge is -2.00. The van der Waals surface area contributed by atoms with Gasteiger partial charge in [-0.2, -0.15) is 0 Å². The SMILES string of the molecule is CC(C)C=NOCc1cccc(F)c1. The molecule has 0 spiro atoms. The van der Waals surface area contributed by atoms with Gasteiger partial charge in [0.15, 0.2) is 0 Å². The molecule has 0 saturated heterocycles. The van der Waals surface area contributed by atoms with E-state index >= 15 is 0 Å². The molecule has 2 nitrogen and oxygen atoms in total. The molecule has 0 fully saturated rings. The van der Waals surface area contributed by atoms with Crippen molar-refractivity contribution in [1.82, 2.24) is 0 Å². The molecule has 0 amide bonds. The van der Waals surface area contributed by atoms with Crippen molar-refractivity contribution in [2.75, 3.05) is 0 Å². The molecule has 0 aromatic heterocycles. The Hall–Kier alpha value is -1.38. The molecule has 76 valence electrons. The molecule has 14 heavy (non-hydrogen) atoms. The summed E-state index contributed by atoms with van der Waals surface area (Å²) in [6.07, 6.45) is 1.71. The van der Waals surface area contributed by atoms with E-state index < -0.39 is 0 Å². The van der Waals surface area contributed by atoms with Crippen molar-refractivity contribution in [2.24, 2.45) is 11.1 Å². The van der Waals surface area contributed by atoms with Gasteiger partial charge in [0, 0.05) is 6.21 Å². The Morgan fingerprint density at radius 2 is 2.29 bits per heavy atom. The summed E-state index contributed by atoms with van der Waals surface area (Å²) in [7, 11) is 0. The van der Waals surface area contributed by atoms with Crippen LogP contribution in [0.2, 0.25) is 0 Å². The molecule has 1 rings (SSSR count). The first-order valence-electron chi connectivity index (χ1n) is 4.58. The second-order valence-electron chi connectivity index (χ2n) is 3.40. The van der Waals surface area contributed by atoms with E-state index in [0.717, 1.165) is 5.56 Å². The Bertz CT molecular complexity index is 310. The fraction of sp³-hybridized carbons (Fsp3) is 0.364. The molecule has 0 aliphatic rings. The highest BCUT2D eigenvalue weighted by atomic mass is 19.1. The average Bonchev–Trinajstić information content (AvgIpc) is 2.12. The van der Waals surface area contributed by atoms with E-state index in [1.807, 2.05) is 13.8 Å². The van der Waals surface area contributed by atoms with Crippen LogP contribution in [0.15, 0.2) is 29.4 Å². The van der Waals surface area contributed by atoms with E-state index in [2.05, 4.69) is 5.16 Å². The quantitative estimate of drug-likeness (QED) is 0.534. The van der Waals surface area contributed by atoms with Crippen LogP contribution >= 0.6 is 0 Å². The van der Waals surface area contributed by atoms with Gasteiger partial charge < -0.3 is 4.84 Å². The number of halogens is 1. The summed E-state index contributed by atoms with van der Waals surface area (Å²) in [6, 6.07) is 6.29. The minimum atomic E-state index is -0.251. The summed E-state index contributed by atoms with van der Waals surface area (Å²) in [5.74, 6) is 0.112. The predicted octanol–water partition coefficient (Wildman–Crippen LogP) is 2.98. The smallest absolute Gasteiger partial charge is 0.142 e. The number of benzene rings is 1. The predicted molar refractivity (Wildman–Crippen MR) is 54.5 cm³/mol. The first-order valence-corrected chi connectivity index (χ1v) is 4.58. The second-order valence-corrected chi connectivity index (χ2v) is 3.40. The molecule has 0 N–H and O–H groups in total. The Morgan fingerprint density at radius 1 is 1.50 bits per heavy atom. The molecule has 1 aromatic carbocycles. The molecular weight excluding hydrogens is 181 g/mol. The Balaban J connectivity index is 2.38. The van der Waals surface area contributed by atoms with E-state index in [9.17, 15) is 4.39 Å². The van der Waals surface area contributed by atoms with Gasteiger partial charge in [0.05, 0.1) is 0 Å². The number of nitrogens with zero attached hydrogens (tertiary/aromatic N) is 1. The minimum Gasteiger partial charge on any atom is -0.391 e. The van der Waals surface area contributed by atoms with Gasteiger partial charge in [-0.25, -0.2) is 4.39 Å². The highest BCUT2D eigenvalue weighted by molar-refractivity contribution is 5.58. The normalized spacial score (nSPS) is 11.1. The maximum absolute atomic E-state index is 12.7. The standard InChI is InChI=1S/C11H14FNO/c1-9(2)7-13-14-8-10-4-3-5-11(12)6-10/h3-7,9H,8H2,1-2H3. The topological polar surface area (TPSA) is 21.6 Å². The highest BCUT2D eigenvalue weighted by Crippen LogP contribution is 2.04. The molecular formula is C11H14FNO. The van der Waals surface area contributed by atoms with Crippen LogP contribution < -0.4 is 0 Å². The first kappa shape index (κ1) is 10.7. The number of hydrogen-bond donors (Lipinski definition) is 0. The maximum atomic E-state index is 12.7. The van der Waals surface area contributed by atoms with Crippen molar-refractivity contribution < 1.29 is 9.23 Å². The molecule has 0 atom stereocenters. The molecule has 0 radical (unpaired) electrons. The number of oxime groups is 1. The highest BCUT2D eigenvalue weighted by Gasteiger charge is 1.94. The van der Waals surface area contributed by atoms with Crippen molar-refractivity contribution >= 4 is 6.21 Å². The van der Waals surface area contributed by atoms with E-state index in [-0.39, 0.29) is 5.82 Å². The van der Waals surface area contributed by atoms with E-state index in [4.69, 9.17) is 4.84 Å². The third-order valence-electron chi connectivity index (χ3n) is 1.55. The summed E-state index contributed by atoms with van der Waals surface area (Å²) in [5.41, 5.74) is 0.783. The molecule has 0 saturated carbocycles. The van der Waals surface area contributed by atoms with Crippen LogP contribution in [-0.2, 0) is 11.4 Å². The zero-order valence-corrected chi connectivity index (χ0v) is 8.40. The summed E-state index contributed by atoms with van der Waals surface area (Å²) in [4.78, 5) is 4.99. The molecule has 0 unspecified atom stereocenters. The average molecular weight is 195 g/mol. The van der Waals surface area contributed by atoms with Crippen molar-refractivity contribution in [3.8, 4) is 0 Å². The fourth-order valence-electron chi connectivity index (χ4n) is 0.903. The van der Waals surface area contributed by atoms with Gasteiger partial charge >= 0.3 is 0 Å². The summed E-state index contributed by atoms with van der Waals surface area (Å²) < 4.78 is 12.7. The summed E-state index contributed by atoms with van der Waals surface area (Å²) in [6.45, 7) is 4.32. The molecule has 1 aromatic rings. The van der Waals surface area contributed by atoms with Crippen molar-refractivity contribution in [1.29, 1.82) is 0 Å². The Labute approximate surface area is 83.4 Å². The van der Waals surface area contributed by atoms with Crippen LogP contribution in [0.3, 0.4) is 0 Å². The van der Waals surface area contributed by atoms with Gasteiger partial charge in [0.2, 0.25) is 0 Å². The van der Waals surface area contributed by atoms with Crippen LogP contribution in [0, 0.1) is 11.7 Å². The lowest BCUT2D eigenvalue weighted by molar-refractivity contribution is 0.130. The summed E-state index contributed by atoms with van der Waals surface area (Å²) in [5, 5.41) is 3.75. The second kappa shape index (κ2) is 5.37. The minimum absolute atomic E-state index is 0.251. The van der Waals surface area contributed by atoms with Gasteiger partial charge in [0.1, 0.15) is 12.4 Å². The van der Waals surface area contributed by atoms with Gasteiger partial charge in [-0.15, -0.1) is 0 Å². The van der Waals surface area contributed by atoms with E-state index in [1.165, 1.54) is 12.1 Å². The van der Waals surface area contributed by atoms with Crippen molar-refractivity contribution in [3.63, 3.8) is 0 Å². The molecule has 0 aliphatic carbocycles. The maximum Gasteiger partial charge on any atom is 0.142 e. The molecule has 3 heteroatoms. The molecule has 0 bridgehead atoms. The zero-order valence-electron chi connectivity index (χ0n) is 8.40. The van der Waals surface area contributed by atoms with Crippen molar-refractivity contribution in [3.05, 3.63) is 35.6 Å². The Kier molecular flexibility index (Phi) is 4.11. The van der Waals surface area contributed by atoms with Gasteiger partial charge in [-0.1, -0.05) is 31.1 Å². The lowest BCUT2D eigenvalue weighted by Crippen LogP contribution is -1.91. The monoisotopic (exact) mass is 195 g/mol. The van der Waals surface area contributed by atoms with Crippen LogP contribution in [0.4, 0.5) is 4.39 Å². The van der Waals surface area contributed by atoms with Gasteiger partial charge in [-0.3, -0.25) is 0 Å². The molecule has 0 aliphatic heterocycles. The van der Waals surface area contributed by atoms with E-state index in [1.54, 1.807) is 18.3 Å². The number of rotatable bonds is 4. The molecule has 0 heterocycles. The van der Waals surface area contributed by atoms with Gasteiger partial charge in [0.25, 0.3) is 0 Å². The summed E-state index contributed by atoms with van der Waals surface area (Å²) >= 11 is 0.